The molecule has 0 saturated heterocycles. The zero-order valence-electron chi connectivity index (χ0n) is 6.36. The number of likely N-dealkylation sites (N-methyl/N-ethyl adjacent to an activating group) is 2. The van der Waals surface area contributed by atoms with Gasteiger partial charge < -0.3 is 10.2 Å². The van der Waals surface area contributed by atoms with Gasteiger partial charge in [0.1, 0.15) is 0 Å². The number of nitrogens with one attached hydrogen (secondary N) is 1. The second kappa shape index (κ2) is 7.92. The Labute approximate surface area is 73.9 Å². The molecular weight excluding hydrogens is 111 g/mol. The first kappa shape index (κ1) is 11.7. The molecule has 0 fully saturated rings. The Kier molecular flexibility index (Phi) is 11.6. The van der Waals surface area contributed by atoms with Crippen LogP contribution >= 0.6 is 0 Å². The summed E-state index contributed by atoms with van der Waals surface area (Å²) in [5.74, 6) is 0. The van der Waals surface area contributed by atoms with E-state index >= 15 is 0 Å². The maximum absolute atomic E-state index is 3.06. The molecule has 0 aliphatic rings. The van der Waals surface area contributed by atoms with Crippen molar-refractivity contribution in [1.82, 2.24) is 10.2 Å². The fraction of sp³-hybridized carbons (Fsp3) is 1.00. The van der Waals surface area contributed by atoms with Gasteiger partial charge in [-0.3, -0.25) is 0 Å². The Hall–Kier alpha value is 0.920. The third kappa shape index (κ3) is 10.0. The van der Waals surface area contributed by atoms with Crippen molar-refractivity contribution < 1.29 is 0 Å². The monoisotopic (exact) mass is 125 g/mol. The van der Waals surface area contributed by atoms with Crippen LogP contribution in [0.3, 0.4) is 0 Å². The molecule has 2 nitrogen and oxygen atoms in total. The van der Waals surface area contributed by atoms with E-state index in [0.29, 0.717) is 0 Å². The molecule has 0 aliphatic heterocycles. The summed E-state index contributed by atoms with van der Waals surface area (Å²) in [7, 11) is 6.10. The Bertz CT molecular complexity index is 39.4. The second-order valence-electron chi connectivity index (χ2n) is 1.91. The second-order valence-corrected chi connectivity index (χ2v) is 1.91. The molecule has 0 aromatic rings. The van der Waals surface area contributed by atoms with Gasteiger partial charge in [0.2, 0.25) is 0 Å². The van der Waals surface area contributed by atoms with E-state index in [2.05, 4.69) is 24.3 Å². The predicted molar refractivity (Wildman–Crippen MR) is 38.2 cm³/mol. The summed E-state index contributed by atoms with van der Waals surface area (Å²) in [5, 5.41) is 3.06. The molecule has 1 N–H and O–H groups in total. The Balaban J connectivity index is 0. The van der Waals surface area contributed by atoms with Crippen molar-refractivity contribution in [1.29, 1.82) is 0 Å². The molecule has 0 spiro atoms. The van der Waals surface area contributed by atoms with Gasteiger partial charge in [-0.15, -0.1) is 0 Å². The third-order valence-electron chi connectivity index (χ3n) is 0.809. The van der Waals surface area contributed by atoms with Crippen molar-refractivity contribution in [3.05, 3.63) is 0 Å². The van der Waals surface area contributed by atoms with Crippen molar-refractivity contribution in [2.75, 3.05) is 34.2 Å². The molecule has 0 atom stereocenters. The molecule has 0 heterocycles. The summed E-state index contributed by atoms with van der Waals surface area (Å²) in [6.07, 6.45) is 0. The maximum Gasteiger partial charge on any atom is 0.0101 e. The first-order valence-electron chi connectivity index (χ1n) is 2.56. The van der Waals surface area contributed by atoms with Crippen LogP contribution in [0.1, 0.15) is 0 Å². The molecule has 0 unspecified atom stereocenters. The van der Waals surface area contributed by atoms with Crippen molar-refractivity contribution in [2.45, 2.75) is 0 Å². The van der Waals surface area contributed by atoms with Crippen LogP contribution in [-0.4, -0.2) is 68.7 Å². The van der Waals surface area contributed by atoms with Gasteiger partial charge in [-0.2, -0.15) is 0 Å². The number of hydrogen-bond donors (Lipinski definition) is 1. The van der Waals surface area contributed by atoms with Crippen LogP contribution < -0.4 is 5.32 Å². The van der Waals surface area contributed by atoms with Gasteiger partial charge in [-0.1, -0.05) is 0 Å². The predicted octanol–water partition coefficient (Wildman–Crippen LogP) is -0.613. The molecule has 3 heteroatoms. The molecule has 0 rings (SSSR count). The summed E-state index contributed by atoms with van der Waals surface area (Å²) in [5.41, 5.74) is 0. The summed E-state index contributed by atoms with van der Waals surface area (Å²) >= 11 is 0. The van der Waals surface area contributed by atoms with Gasteiger partial charge in [-0.25, -0.2) is 0 Å². The smallest absolute Gasteiger partial charge is 0.0101 e. The van der Waals surface area contributed by atoms with Gasteiger partial charge in [0, 0.05) is 42.6 Å². The molecule has 1 radical (unpaired) electrons. The van der Waals surface area contributed by atoms with Crippen molar-refractivity contribution in [3.8, 4) is 0 Å². The van der Waals surface area contributed by atoms with Gasteiger partial charge in [0.25, 0.3) is 0 Å². The van der Waals surface area contributed by atoms with Gasteiger partial charge in [-0.05, 0) is 21.1 Å². The largest absolute Gasteiger partial charge is 0.318 e. The molecule has 0 saturated carbocycles. The third-order valence-corrected chi connectivity index (χ3v) is 0.809. The topological polar surface area (TPSA) is 15.3 Å². The van der Waals surface area contributed by atoms with E-state index < -0.39 is 0 Å². The fourth-order valence-corrected chi connectivity index (χ4v) is 0.335. The molecular formula is C5H14N2Na. The van der Waals surface area contributed by atoms with Crippen LogP contribution in [0, 0.1) is 0 Å². The number of rotatable bonds is 3. The Morgan fingerprint density at radius 1 is 1.38 bits per heavy atom. The average Bonchev–Trinajstić information content (AvgIpc) is 1.61. The molecule has 0 bridgehead atoms. The molecule has 0 aromatic carbocycles. The number of hydrogen-bond acceptors (Lipinski definition) is 2. The van der Waals surface area contributed by atoms with Crippen LogP contribution in [0.4, 0.5) is 0 Å². The van der Waals surface area contributed by atoms with Gasteiger partial charge in [0.05, 0.1) is 0 Å². The van der Waals surface area contributed by atoms with Gasteiger partial charge in [0.15, 0.2) is 0 Å². The first-order chi connectivity index (χ1) is 3.27. The maximum atomic E-state index is 3.06. The Morgan fingerprint density at radius 3 is 2.00 bits per heavy atom. The van der Waals surface area contributed by atoms with Crippen LogP contribution in [0.2, 0.25) is 0 Å². The van der Waals surface area contributed by atoms with Crippen molar-refractivity contribution in [3.63, 3.8) is 0 Å². The minimum absolute atomic E-state index is 0. The molecule has 0 aliphatic carbocycles. The first-order valence-corrected chi connectivity index (χ1v) is 2.56. The molecule has 45 valence electrons. The molecule has 0 amide bonds. The molecule has 0 aromatic heterocycles. The number of nitrogens with zero attached hydrogens (tertiary/aromatic N) is 1. The summed E-state index contributed by atoms with van der Waals surface area (Å²) in [6.45, 7) is 2.20. The van der Waals surface area contributed by atoms with Crippen molar-refractivity contribution in [2.24, 2.45) is 0 Å². The standard InChI is InChI=1S/C5H14N2.Na/c1-6-4-5-7(2)3;/h6H,4-5H2,1-3H3;. The average molecular weight is 125 g/mol. The Morgan fingerprint density at radius 2 is 1.88 bits per heavy atom. The quantitative estimate of drug-likeness (QED) is 0.506. The normalized spacial score (nSPS) is 9.00. The minimum Gasteiger partial charge on any atom is -0.318 e. The SMILES string of the molecule is CNCCN(C)C.[Na]. The fourth-order valence-electron chi connectivity index (χ4n) is 0.335. The summed E-state index contributed by atoms with van der Waals surface area (Å²) in [4.78, 5) is 2.15. The summed E-state index contributed by atoms with van der Waals surface area (Å²) < 4.78 is 0. The van der Waals surface area contributed by atoms with E-state index in [0.717, 1.165) is 13.1 Å². The van der Waals surface area contributed by atoms with E-state index in [1.807, 2.05) is 7.05 Å². The van der Waals surface area contributed by atoms with Crippen LogP contribution in [0.15, 0.2) is 0 Å². The van der Waals surface area contributed by atoms with Crippen LogP contribution in [-0.2, 0) is 0 Å². The molecule has 8 heavy (non-hydrogen) atoms. The zero-order chi connectivity index (χ0) is 5.70. The minimum atomic E-state index is 0. The van der Waals surface area contributed by atoms with Crippen LogP contribution in [0.5, 0.6) is 0 Å². The zero-order valence-corrected chi connectivity index (χ0v) is 8.36. The van der Waals surface area contributed by atoms with Crippen molar-refractivity contribution >= 4 is 29.6 Å². The van der Waals surface area contributed by atoms with Gasteiger partial charge >= 0.3 is 0 Å². The van der Waals surface area contributed by atoms with E-state index in [-0.39, 0.29) is 29.6 Å². The van der Waals surface area contributed by atoms with Crippen LogP contribution in [0.25, 0.3) is 0 Å². The van der Waals surface area contributed by atoms with E-state index in [1.54, 1.807) is 0 Å². The van der Waals surface area contributed by atoms with E-state index in [1.165, 1.54) is 0 Å². The summed E-state index contributed by atoms with van der Waals surface area (Å²) in [6, 6.07) is 0. The van der Waals surface area contributed by atoms with E-state index in [4.69, 9.17) is 0 Å². The van der Waals surface area contributed by atoms with E-state index in [9.17, 15) is 0 Å².